The summed E-state index contributed by atoms with van der Waals surface area (Å²) in [6, 6.07) is 4.88. The van der Waals surface area contributed by atoms with E-state index in [1.54, 1.807) is 6.07 Å². The molecular formula is C18H21ClFN3O2. The zero-order valence-corrected chi connectivity index (χ0v) is 14.7. The summed E-state index contributed by atoms with van der Waals surface area (Å²) in [5.74, 6) is 0.132. The maximum Gasteiger partial charge on any atom is 0.269 e. The summed E-state index contributed by atoms with van der Waals surface area (Å²) in [7, 11) is 0. The molecule has 1 aromatic carbocycles. The van der Waals surface area contributed by atoms with Crippen molar-refractivity contribution in [2.45, 2.75) is 37.8 Å². The highest BCUT2D eigenvalue weighted by atomic mass is 35.5. The first kappa shape index (κ1) is 16.8. The lowest BCUT2D eigenvalue weighted by atomic mass is 9.96. The van der Waals surface area contributed by atoms with Crippen LogP contribution in [0.2, 0.25) is 5.02 Å². The zero-order valence-electron chi connectivity index (χ0n) is 13.9. The van der Waals surface area contributed by atoms with Crippen LogP contribution >= 0.6 is 11.6 Å². The molecule has 1 aromatic rings. The van der Waals surface area contributed by atoms with Gasteiger partial charge in [-0.3, -0.25) is 9.69 Å². The molecule has 7 heteroatoms. The largest absolute Gasteiger partial charge is 0.387 e. The van der Waals surface area contributed by atoms with Gasteiger partial charge in [0.1, 0.15) is 11.5 Å². The number of carbonyl (C=O) groups is 1. The topological polar surface area (TPSA) is 53.9 Å². The summed E-state index contributed by atoms with van der Waals surface area (Å²) in [5, 5.41) is 7.11. The molecule has 0 unspecified atom stereocenters. The van der Waals surface area contributed by atoms with Crippen LogP contribution in [0.1, 0.15) is 31.2 Å². The second-order valence-electron chi connectivity index (χ2n) is 7.35. The molecule has 2 aliphatic heterocycles. The average molecular weight is 366 g/mol. The van der Waals surface area contributed by atoms with E-state index in [9.17, 15) is 9.18 Å². The molecule has 4 rings (SSSR count). The lowest BCUT2D eigenvalue weighted by molar-refractivity contribution is -0.115. The highest BCUT2D eigenvalue weighted by Crippen LogP contribution is 2.35. The van der Waals surface area contributed by atoms with E-state index < -0.39 is 11.4 Å². The first-order valence-electron chi connectivity index (χ1n) is 8.73. The van der Waals surface area contributed by atoms with Gasteiger partial charge >= 0.3 is 0 Å². The predicted octanol–water partition coefficient (Wildman–Crippen LogP) is 2.73. The van der Waals surface area contributed by atoms with Crippen molar-refractivity contribution in [2.75, 3.05) is 19.6 Å². The van der Waals surface area contributed by atoms with Gasteiger partial charge in [0.15, 0.2) is 5.60 Å². The van der Waals surface area contributed by atoms with Gasteiger partial charge in [-0.1, -0.05) is 22.8 Å². The predicted molar refractivity (Wildman–Crippen MR) is 92.9 cm³/mol. The molecule has 3 aliphatic rings. The van der Waals surface area contributed by atoms with Crippen LogP contribution < -0.4 is 5.32 Å². The van der Waals surface area contributed by atoms with Crippen molar-refractivity contribution in [3.8, 4) is 0 Å². The molecule has 1 spiro atoms. The van der Waals surface area contributed by atoms with Gasteiger partial charge in [0.25, 0.3) is 5.91 Å². The Morgan fingerprint density at radius 2 is 2.32 bits per heavy atom. The molecule has 1 saturated carbocycles. The van der Waals surface area contributed by atoms with E-state index in [0.717, 1.165) is 25.1 Å². The number of nitrogens with one attached hydrogen (secondary N) is 1. The molecule has 1 aliphatic carbocycles. The van der Waals surface area contributed by atoms with Crippen molar-refractivity contribution >= 4 is 23.2 Å². The van der Waals surface area contributed by atoms with Crippen molar-refractivity contribution in [3.05, 3.63) is 34.6 Å². The van der Waals surface area contributed by atoms with E-state index in [2.05, 4.69) is 15.4 Å². The Balaban J connectivity index is 1.31. The van der Waals surface area contributed by atoms with Gasteiger partial charge in [0.2, 0.25) is 0 Å². The van der Waals surface area contributed by atoms with E-state index in [1.807, 2.05) is 6.07 Å². The number of halogens is 2. The third-order valence-electron chi connectivity index (χ3n) is 5.14. The van der Waals surface area contributed by atoms with Gasteiger partial charge in [-0.15, -0.1) is 0 Å². The summed E-state index contributed by atoms with van der Waals surface area (Å²) in [5.41, 5.74) is 0.942. The third-order valence-corrected chi connectivity index (χ3v) is 5.44. The number of likely N-dealkylation sites (tertiary alicyclic amines) is 1. The Hall–Kier alpha value is -1.66. The molecule has 134 valence electrons. The van der Waals surface area contributed by atoms with Gasteiger partial charge in [0.05, 0.1) is 5.02 Å². The highest BCUT2D eigenvalue weighted by Gasteiger charge is 2.46. The normalized spacial score (nSPS) is 25.9. The van der Waals surface area contributed by atoms with Gasteiger partial charge in [0, 0.05) is 39.0 Å². The van der Waals surface area contributed by atoms with Crippen LogP contribution in [0.25, 0.3) is 0 Å². The van der Waals surface area contributed by atoms with Crippen molar-refractivity contribution in [1.82, 2.24) is 10.2 Å². The molecule has 0 aromatic heterocycles. The second kappa shape index (κ2) is 6.57. The number of benzene rings is 1. The standard InChI is InChI=1S/C18H21ClFN3O2/c19-14-4-3-13(7-15(14)20)10-23-6-5-18(11-23)8-16(22-25-18)17(24)21-9-12-1-2-12/h3-4,7,12H,1-2,5-6,8-11H2,(H,21,24)/t18-/m1/s1. The third kappa shape index (κ3) is 3.80. The first-order valence-corrected chi connectivity index (χ1v) is 9.10. The highest BCUT2D eigenvalue weighted by molar-refractivity contribution is 6.39. The maximum atomic E-state index is 13.6. The minimum Gasteiger partial charge on any atom is -0.387 e. The van der Waals surface area contributed by atoms with Crippen LogP contribution in [0.3, 0.4) is 0 Å². The molecule has 1 atom stereocenters. The van der Waals surface area contributed by atoms with Gasteiger partial charge in [-0.05, 0) is 36.5 Å². The molecule has 2 heterocycles. The first-order chi connectivity index (χ1) is 12.0. The fraction of sp³-hybridized carbons (Fsp3) is 0.556. The molecule has 1 saturated heterocycles. The summed E-state index contributed by atoms with van der Waals surface area (Å²) in [6.45, 7) is 2.87. The Labute approximate surface area is 151 Å². The number of rotatable bonds is 5. The Morgan fingerprint density at radius 1 is 1.48 bits per heavy atom. The molecule has 2 fully saturated rings. The fourth-order valence-electron chi connectivity index (χ4n) is 3.48. The quantitative estimate of drug-likeness (QED) is 0.873. The Kier molecular flexibility index (Phi) is 4.41. The van der Waals surface area contributed by atoms with E-state index >= 15 is 0 Å². The second-order valence-corrected chi connectivity index (χ2v) is 7.76. The number of carbonyl (C=O) groups excluding carboxylic acids is 1. The molecule has 0 bridgehead atoms. The lowest BCUT2D eigenvalue weighted by Crippen LogP contribution is -2.37. The SMILES string of the molecule is O=C(NCC1CC1)C1=NO[C@]2(CCN(Cc3ccc(Cl)c(F)c3)C2)C1. The summed E-state index contributed by atoms with van der Waals surface area (Å²) >= 11 is 5.73. The number of oxime groups is 1. The van der Waals surface area contributed by atoms with Crippen LogP contribution in [0.5, 0.6) is 0 Å². The number of nitrogens with zero attached hydrogens (tertiary/aromatic N) is 2. The average Bonchev–Trinajstić information content (AvgIpc) is 3.22. The summed E-state index contributed by atoms with van der Waals surface area (Å²) in [6.07, 6.45) is 3.75. The van der Waals surface area contributed by atoms with Crippen LogP contribution in [-0.4, -0.2) is 41.8 Å². The molecule has 25 heavy (non-hydrogen) atoms. The molecule has 1 N–H and O–H groups in total. The number of hydrogen-bond donors (Lipinski definition) is 1. The van der Waals surface area contributed by atoms with Crippen LogP contribution in [0, 0.1) is 11.7 Å². The van der Waals surface area contributed by atoms with Crippen molar-refractivity contribution in [1.29, 1.82) is 0 Å². The van der Waals surface area contributed by atoms with Crippen molar-refractivity contribution < 1.29 is 14.0 Å². The fourth-order valence-corrected chi connectivity index (χ4v) is 3.60. The molecule has 5 nitrogen and oxygen atoms in total. The van der Waals surface area contributed by atoms with Gasteiger partial charge in [-0.2, -0.15) is 0 Å². The van der Waals surface area contributed by atoms with Gasteiger partial charge in [-0.25, -0.2) is 4.39 Å². The van der Waals surface area contributed by atoms with Crippen LogP contribution in [-0.2, 0) is 16.2 Å². The van der Waals surface area contributed by atoms with Crippen LogP contribution in [0.4, 0.5) is 4.39 Å². The monoisotopic (exact) mass is 365 g/mol. The van der Waals surface area contributed by atoms with E-state index in [1.165, 1.54) is 18.9 Å². The van der Waals surface area contributed by atoms with E-state index in [0.29, 0.717) is 31.1 Å². The number of hydrogen-bond acceptors (Lipinski definition) is 4. The molecular weight excluding hydrogens is 345 g/mol. The smallest absolute Gasteiger partial charge is 0.269 e. The summed E-state index contributed by atoms with van der Waals surface area (Å²) < 4.78 is 13.6. The van der Waals surface area contributed by atoms with Crippen molar-refractivity contribution in [3.63, 3.8) is 0 Å². The molecule has 0 radical (unpaired) electrons. The Bertz CT molecular complexity index is 722. The van der Waals surface area contributed by atoms with Crippen LogP contribution in [0.15, 0.2) is 23.4 Å². The van der Waals surface area contributed by atoms with Gasteiger partial charge < -0.3 is 10.2 Å². The van der Waals surface area contributed by atoms with E-state index in [-0.39, 0.29) is 10.9 Å². The number of amides is 1. The molecule has 1 amide bonds. The van der Waals surface area contributed by atoms with Crippen molar-refractivity contribution in [2.24, 2.45) is 11.1 Å². The minimum atomic E-state index is -0.419. The summed E-state index contributed by atoms with van der Waals surface area (Å²) in [4.78, 5) is 20.0. The van der Waals surface area contributed by atoms with E-state index in [4.69, 9.17) is 16.4 Å². The Morgan fingerprint density at radius 3 is 3.08 bits per heavy atom. The maximum absolute atomic E-state index is 13.6. The minimum absolute atomic E-state index is 0.109. The lowest BCUT2D eigenvalue weighted by Gasteiger charge is -2.21. The zero-order chi connectivity index (χ0) is 17.4.